The molecule has 2 fully saturated rings. The third-order valence-corrected chi connectivity index (χ3v) is 3.59. The molecule has 0 saturated heterocycles. The lowest BCUT2D eigenvalue weighted by Crippen LogP contribution is -2.13. The van der Waals surface area contributed by atoms with E-state index in [0.717, 1.165) is 18.9 Å². The number of hydrogen-bond donors (Lipinski definition) is 1. The Kier molecular flexibility index (Phi) is 2.77. The highest BCUT2D eigenvalue weighted by molar-refractivity contribution is 5.37. The van der Waals surface area contributed by atoms with Crippen LogP contribution in [0.4, 0.5) is 8.78 Å². The lowest BCUT2D eigenvalue weighted by molar-refractivity contribution is 0.148. The van der Waals surface area contributed by atoms with Crippen LogP contribution in [0.25, 0.3) is 0 Å². The Morgan fingerprint density at radius 2 is 2.00 bits per heavy atom. The molecule has 0 atom stereocenters. The van der Waals surface area contributed by atoms with E-state index in [-0.39, 0.29) is 12.2 Å². The fourth-order valence-corrected chi connectivity index (χ4v) is 2.07. The maximum atomic E-state index is 13.7. The fourth-order valence-electron chi connectivity index (χ4n) is 2.07. The molecule has 2 aliphatic carbocycles. The first kappa shape index (κ1) is 11.9. The molecule has 18 heavy (non-hydrogen) atoms. The highest BCUT2D eigenvalue weighted by atomic mass is 19.1. The standard InChI is InChI=1S/C14H16F2O2/c15-11-5-10(7-14(17)3-4-14)13(12(16)6-11)18-8-9-1-2-9/h5-6,9,17H,1-4,7-8H2. The molecule has 0 heterocycles. The van der Waals surface area contributed by atoms with Gasteiger partial charge in [-0.15, -0.1) is 0 Å². The van der Waals surface area contributed by atoms with Crippen LogP contribution in [0, 0.1) is 17.6 Å². The van der Waals surface area contributed by atoms with Crippen molar-refractivity contribution < 1.29 is 18.6 Å². The summed E-state index contributed by atoms with van der Waals surface area (Å²) in [5, 5.41) is 9.88. The smallest absolute Gasteiger partial charge is 0.168 e. The van der Waals surface area contributed by atoms with Crippen LogP contribution in [0.2, 0.25) is 0 Å². The summed E-state index contributed by atoms with van der Waals surface area (Å²) in [4.78, 5) is 0. The van der Waals surface area contributed by atoms with Crippen molar-refractivity contribution >= 4 is 0 Å². The quantitative estimate of drug-likeness (QED) is 0.875. The van der Waals surface area contributed by atoms with Gasteiger partial charge in [-0.2, -0.15) is 0 Å². The van der Waals surface area contributed by atoms with Gasteiger partial charge >= 0.3 is 0 Å². The number of aliphatic hydroxyl groups is 1. The van der Waals surface area contributed by atoms with E-state index in [1.807, 2.05) is 0 Å². The topological polar surface area (TPSA) is 29.5 Å². The molecule has 0 spiro atoms. The van der Waals surface area contributed by atoms with Crippen molar-refractivity contribution in [3.05, 3.63) is 29.3 Å². The molecular formula is C14H16F2O2. The van der Waals surface area contributed by atoms with Gasteiger partial charge in [-0.05, 0) is 37.7 Å². The minimum Gasteiger partial charge on any atom is -0.490 e. The summed E-state index contributed by atoms with van der Waals surface area (Å²) < 4.78 is 32.4. The van der Waals surface area contributed by atoms with Gasteiger partial charge in [0.1, 0.15) is 5.82 Å². The second kappa shape index (κ2) is 4.19. The minimum atomic E-state index is -0.780. The summed E-state index contributed by atoms with van der Waals surface area (Å²) in [6.07, 6.45) is 3.87. The van der Waals surface area contributed by atoms with Crippen LogP contribution >= 0.6 is 0 Å². The van der Waals surface area contributed by atoms with Gasteiger partial charge in [-0.25, -0.2) is 8.78 Å². The zero-order valence-corrected chi connectivity index (χ0v) is 10.1. The molecule has 1 aromatic carbocycles. The normalized spacial score (nSPS) is 20.8. The molecule has 3 rings (SSSR count). The van der Waals surface area contributed by atoms with Crippen molar-refractivity contribution in [3.63, 3.8) is 0 Å². The summed E-state index contributed by atoms with van der Waals surface area (Å²) in [7, 11) is 0. The third-order valence-electron chi connectivity index (χ3n) is 3.59. The van der Waals surface area contributed by atoms with E-state index in [9.17, 15) is 13.9 Å². The summed E-state index contributed by atoms with van der Waals surface area (Å²) in [6.45, 7) is 0.480. The Morgan fingerprint density at radius 3 is 2.61 bits per heavy atom. The first-order chi connectivity index (χ1) is 8.56. The molecular weight excluding hydrogens is 238 g/mol. The Bertz CT molecular complexity index is 465. The van der Waals surface area contributed by atoms with Gasteiger partial charge < -0.3 is 9.84 Å². The number of hydrogen-bond acceptors (Lipinski definition) is 2. The van der Waals surface area contributed by atoms with Gasteiger partial charge in [0.25, 0.3) is 0 Å². The molecule has 0 unspecified atom stereocenters. The second-order valence-corrected chi connectivity index (χ2v) is 5.53. The predicted octanol–water partition coefficient (Wildman–Crippen LogP) is 2.82. The Balaban J connectivity index is 1.82. The Morgan fingerprint density at radius 1 is 1.28 bits per heavy atom. The summed E-state index contributed by atoms with van der Waals surface area (Å²) in [6, 6.07) is 2.10. The van der Waals surface area contributed by atoms with Crippen LogP contribution in [-0.2, 0) is 6.42 Å². The largest absolute Gasteiger partial charge is 0.490 e. The van der Waals surface area contributed by atoms with Gasteiger partial charge in [0.15, 0.2) is 11.6 Å². The number of halogens is 2. The molecule has 1 N–H and O–H groups in total. The van der Waals surface area contributed by atoms with Crippen LogP contribution in [0.3, 0.4) is 0 Å². The highest BCUT2D eigenvalue weighted by Gasteiger charge is 2.41. The average Bonchev–Trinajstić information content (AvgIpc) is 3.16. The van der Waals surface area contributed by atoms with E-state index in [1.54, 1.807) is 0 Å². The van der Waals surface area contributed by atoms with Crippen LogP contribution in [0.15, 0.2) is 12.1 Å². The van der Waals surface area contributed by atoms with E-state index in [1.165, 1.54) is 6.07 Å². The summed E-state index contributed by atoms with van der Waals surface area (Å²) >= 11 is 0. The Hall–Kier alpha value is -1.16. The molecule has 0 amide bonds. The van der Waals surface area contributed by atoms with Crippen LogP contribution in [-0.4, -0.2) is 17.3 Å². The van der Waals surface area contributed by atoms with Crippen molar-refractivity contribution in [1.29, 1.82) is 0 Å². The molecule has 1 aromatic rings. The molecule has 2 nitrogen and oxygen atoms in total. The zero-order valence-electron chi connectivity index (χ0n) is 10.1. The maximum absolute atomic E-state index is 13.7. The van der Waals surface area contributed by atoms with Crippen molar-refractivity contribution in [2.75, 3.05) is 6.61 Å². The van der Waals surface area contributed by atoms with Crippen molar-refractivity contribution in [1.82, 2.24) is 0 Å². The Labute approximate surface area is 105 Å². The predicted molar refractivity (Wildman–Crippen MR) is 62.5 cm³/mol. The van der Waals surface area contributed by atoms with Gasteiger partial charge in [0, 0.05) is 18.1 Å². The molecule has 4 heteroatoms. The van der Waals surface area contributed by atoms with Crippen molar-refractivity contribution in [2.45, 2.75) is 37.7 Å². The monoisotopic (exact) mass is 254 g/mol. The van der Waals surface area contributed by atoms with Crippen molar-refractivity contribution in [3.8, 4) is 5.75 Å². The minimum absolute atomic E-state index is 0.114. The summed E-state index contributed by atoms with van der Waals surface area (Å²) in [5.74, 6) is -0.671. The molecule has 98 valence electrons. The average molecular weight is 254 g/mol. The third kappa shape index (κ3) is 2.64. The van der Waals surface area contributed by atoms with Crippen molar-refractivity contribution in [2.24, 2.45) is 5.92 Å². The van der Waals surface area contributed by atoms with Gasteiger partial charge in [-0.1, -0.05) is 0 Å². The summed E-state index contributed by atoms with van der Waals surface area (Å²) in [5.41, 5.74) is -0.342. The van der Waals surface area contributed by atoms with Gasteiger partial charge in [-0.3, -0.25) is 0 Å². The number of rotatable bonds is 5. The van der Waals surface area contributed by atoms with E-state index < -0.39 is 17.2 Å². The maximum Gasteiger partial charge on any atom is 0.168 e. The fraction of sp³-hybridized carbons (Fsp3) is 0.571. The molecule has 0 bridgehead atoms. The number of benzene rings is 1. The zero-order chi connectivity index (χ0) is 12.8. The molecule has 0 radical (unpaired) electrons. The SMILES string of the molecule is OC1(Cc2cc(F)cc(F)c2OCC2CC2)CC1. The van der Waals surface area contributed by atoms with E-state index in [0.29, 0.717) is 30.9 Å². The number of ether oxygens (including phenoxy) is 1. The van der Waals surface area contributed by atoms with E-state index in [4.69, 9.17) is 4.74 Å². The highest BCUT2D eigenvalue weighted by Crippen LogP contribution is 2.41. The van der Waals surface area contributed by atoms with Crippen LogP contribution in [0.5, 0.6) is 5.75 Å². The van der Waals surface area contributed by atoms with E-state index >= 15 is 0 Å². The molecule has 0 aliphatic heterocycles. The molecule has 2 saturated carbocycles. The first-order valence-electron chi connectivity index (χ1n) is 6.39. The lowest BCUT2D eigenvalue weighted by atomic mass is 10.0. The van der Waals surface area contributed by atoms with Crippen LogP contribution in [0.1, 0.15) is 31.2 Å². The van der Waals surface area contributed by atoms with Gasteiger partial charge in [0.2, 0.25) is 0 Å². The molecule has 0 aromatic heterocycles. The van der Waals surface area contributed by atoms with E-state index in [2.05, 4.69) is 0 Å². The van der Waals surface area contributed by atoms with Gasteiger partial charge in [0.05, 0.1) is 12.2 Å². The first-order valence-corrected chi connectivity index (χ1v) is 6.39. The molecule has 2 aliphatic rings. The van der Waals surface area contributed by atoms with Crippen LogP contribution < -0.4 is 4.74 Å². The second-order valence-electron chi connectivity index (χ2n) is 5.53. The lowest BCUT2D eigenvalue weighted by Gasteiger charge is -2.15.